The second kappa shape index (κ2) is 10.9. The number of benzene rings is 1. The number of hydrogen-bond donors (Lipinski definition) is 2. The van der Waals surface area contributed by atoms with Crippen LogP contribution in [0.2, 0.25) is 0 Å². The second-order valence-electron chi connectivity index (χ2n) is 6.97. The van der Waals surface area contributed by atoms with E-state index >= 15 is 0 Å². The zero-order valence-corrected chi connectivity index (χ0v) is 18.0. The molecule has 29 heavy (non-hydrogen) atoms. The number of guanidine groups is 1. The molecule has 1 aromatic carbocycles. The zero-order valence-electron chi connectivity index (χ0n) is 17.2. The molecule has 0 unspecified atom stereocenters. The van der Waals surface area contributed by atoms with Crippen LogP contribution in [0.4, 0.5) is 5.00 Å². The molecule has 0 radical (unpaired) electrons. The van der Waals surface area contributed by atoms with Crippen LogP contribution >= 0.6 is 11.3 Å². The van der Waals surface area contributed by atoms with Gasteiger partial charge in [-0.25, -0.2) is 9.79 Å². The van der Waals surface area contributed by atoms with Gasteiger partial charge in [0.2, 0.25) is 0 Å². The lowest BCUT2D eigenvalue weighted by Gasteiger charge is -2.33. The monoisotopic (exact) mass is 414 g/mol. The Morgan fingerprint density at radius 2 is 1.97 bits per heavy atom. The molecular formula is C22H30N4O2S. The van der Waals surface area contributed by atoms with Gasteiger partial charge in [0.15, 0.2) is 5.96 Å². The van der Waals surface area contributed by atoms with Crippen LogP contribution in [0.1, 0.15) is 42.6 Å². The Hall–Kier alpha value is -2.54. The van der Waals surface area contributed by atoms with E-state index in [0.29, 0.717) is 24.8 Å². The molecule has 0 aliphatic carbocycles. The van der Waals surface area contributed by atoms with Crippen LogP contribution in [0.15, 0.2) is 46.8 Å². The molecule has 0 atom stereocenters. The summed E-state index contributed by atoms with van der Waals surface area (Å²) >= 11 is 1.80. The molecule has 1 fully saturated rings. The number of ether oxygens (including phenoxy) is 1. The summed E-state index contributed by atoms with van der Waals surface area (Å²) in [6, 6.07) is 12.2. The smallest absolute Gasteiger partial charge is 0.338 e. The summed E-state index contributed by atoms with van der Waals surface area (Å²) in [5.41, 5.74) is 1.63. The number of nitrogens with one attached hydrogen (secondary N) is 2. The van der Waals surface area contributed by atoms with Gasteiger partial charge in [-0.05, 0) is 61.9 Å². The SMILES string of the molecule is CCNC(=NCc1ccc(C(=O)OCC)cc1)NC1CCN(c2cccs2)CC1. The Kier molecular flexibility index (Phi) is 7.93. The van der Waals surface area contributed by atoms with E-state index in [1.807, 2.05) is 19.1 Å². The van der Waals surface area contributed by atoms with E-state index in [4.69, 9.17) is 9.73 Å². The highest BCUT2D eigenvalue weighted by molar-refractivity contribution is 7.14. The molecule has 1 aromatic heterocycles. The first kappa shape index (κ1) is 21.2. The molecule has 0 spiro atoms. The number of piperidine rings is 1. The molecule has 3 rings (SSSR count). The Bertz CT molecular complexity index is 782. The van der Waals surface area contributed by atoms with Crippen molar-refractivity contribution in [3.63, 3.8) is 0 Å². The topological polar surface area (TPSA) is 66.0 Å². The molecule has 7 heteroatoms. The summed E-state index contributed by atoms with van der Waals surface area (Å²) in [6.45, 7) is 7.77. The highest BCUT2D eigenvalue weighted by Gasteiger charge is 2.20. The van der Waals surface area contributed by atoms with Gasteiger partial charge in [-0.3, -0.25) is 0 Å². The van der Waals surface area contributed by atoms with Crippen molar-refractivity contribution >= 4 is 28.3 Å². The molecule has 2 heterocycles. The van der Waals surface area contributed by atoms with E-state index in [0.717, 1.165) is 44.0 Å². The van der Waals surface area contributed by atoms with Crippen LogP contribution in [0, 0.1) is 0 Å². The molecule has 2 N–H and O–H groups in total. The van der Waals surface area contributed by atoms with Crippen molar-refractivity contribution in [3.05, 3.63) is 52.9 Å². The molecule has 1 saturated heterocycles. The second-order valence-corrected chi connectivity index (χ2v) is 7.90. The fourth-order valence-corrected chi connectivity index (χ4v) is 4.12. The zero-order chi connectivity index (χ0) is 20.5. The maximum Gasteiger partial charge on any atom is 0.338 e. The van der Waals surface area contributed by atoms with Gasteiger partial charge in [0.25, 0.3) is 0 Å². The molecule has 0 amide bonds. The lowest BCUT2D eigenvalue weighted by Crippen LogP contribution is -2.48. The third-order valence-electron chi connectivity index (χ3n) is 4.88. The molecular weight excluding hydrogens is 384 g/mol. The van der Waals surface area contributed by atoms with Crippen LogP contribution in [0.25, 0.3) is 0 Å². The van der Waals surface area contributed by atoms with Crippen LogP contribution in [0.3, 0.4) is 0 Å². The van der Waals surface area contributed by atoms with E-state index in [-0.39, 0.29) is 5.97 Å². The normalized spacial score (nSPS) is 15.2. The van der Waals surface area contributed by atoms with Gasteiger partial charge >= 0.3 is 5.97 Å². The first-order chi connectivity index (χ1) is 14.2. The molecule has 1 aliphatic rings. The predicted molar refractivity (Wildman–Crippen MR) is 120 cm³/mol. The minimum atomic E-state index is -0.286. The van der Waals surface area contributed by atoms with E-state index in [1.165, 1.54) is 5.00 Å². The third kappa shape index (κ3) is 6.22. The van der Waals surface area contributed by atoms with E-state index in [1.54, 1.807) is 23.5 Å². The summed E-state index contributed by atoms with van der Waals surface area (Å²) in [5, 5.41) is 10.4. The van der Waals surface area contributed by atoms with E-state index in [9.17, 15) is 4.79 Å². The largest absolute Gasteiger partial charge is 0.462 e. The number of rotatable bonds is 7. The van der Waals surface area contributed by atoms with Crippen LogP contribution in [-0.4, -0.2) is 44.2 Å². The van der Waals surface area contributed by atoms with Crippen LogP contribution < -0.4 is 15.5 Å². The highest BCUT2D eigenvalue weighted by atomic mass is 32.1. The number of anilines is 1. The number of esters is 1. The maximum absolute atomic E-state index is 11.8. The van der Waals surface area contributed by atoms with Crippen molar-refractivity contribution in [1.29, 1.82) is 0 Å². The number of carbonyl (C=O) groups is 1. The first-order valence-electron chi connectivity index (χ1n) is 10.3. The Labute approximate surface area is 177 Å². The quantitative estimate of drug-likeness (QED) is 0.411. The fraction of sp³-hybridized carbons (Fsp3) is 0.455. The van der Waals surface area contributed by atoms with Crippen molar-refractivity contribution in [2.75, 3.05) is 31.1 Å². The lowest BCUT2D eigenvalue weighted by molar-refractivity contribution is 0.0526. The van der Waals surface area contributed by atoms with Crippen LogP contribution in [-0.2, 0) is 11.3 Å². The molecule has 2 aromatic rings. The summed E-state index contributed by atoms with van der Waals surface area (Å²) in [5.74, 6) is 0.558. The molecule has 0 saturated carbocycles. The van der Waals surface area contributed by atoms with E-state index < -0.39 is 0 Å². The number of hydrogen-bond acceptors (Lipinski definition) is 5. The van der Waals surface area contributed by atoms with Gasteiger partial charge < -0.3 is 20.3 Å². The number of aliphatic imine (C=N–C) groups is 1. The van der Waals surface area contributed by atoms with Gasteiger partial charge in [0, 0.05) is 25.7 Å². The van der Waals surface area contributed by atoms with Crippen molar-refractivity contribution < 1.29 is 9.53 Å². The minimum absolute atomic E-state index is 0.286. The molecule has 1 aliphatic heterocycles. The summed E-state index contributed by atoms with van der Waals surface area (Å²) in [6.07, 6.45) is 2.19. The lowest BCUT2D eigenvalue weighted by atomic mass is 10.1. The highest BCUT2D eigenvalue weighted by Crippen LogP contribution is 2.24. The van der Waals surface area contributed by atoms with Gasteiger partial charge in [-0.2, -0.15) is 0 Å². The van der Waals surface area contributed by atoms with Crippen molar-refractivity contribution in [3.8, 4) is 0 Å². The summed E-state index contributed by atoms with van der Waals surface area (Å²) in [4.78, 5) is 18.9. The summed E-state index contributed by atoms with van der Waals surface area (Å²) in [7, 11) is 0. The van der Waals surface area contributed by atoms with Crippen molar-refractivity contribution in [2.24, 2.45) is 4.99 Å². The Morgan fingerprint density at radius 1 is 1.21 bits per heavy atom. The predicted octanol–water partition coefficient (Wildman–Crippen LogP) is 3.65. The maximum atomic E-state index is 11.8. The third-order valence-corrected chi connectivity index (χ3v) is 5.81. The van der Waals surface area contributed by atoms with Crippen molar-refractivity contribution in [2.45, 2.75) is 39.3 Å². The molecule has 156 valence electrons. The fourth-order valence-electron chi connectivity index (χ4n) is 3.34. The Morgan fingerprint density at radius 3 is 2.59 bits per heavy atom. The van der Waals surface area contributed by atoms with Crippen LogP contribution in [0.5, 0.6) is 0 Å². The van der Waals surface area contributed by atoms with E-state index in [2.05, 4.69) is 40.0 Å². The Balaban J connectivity index is 1.52. The molecule has 6 nitrogen and oxygen atoms in total. The number of nitrogens with zero attached hydrogens (tertiary/aromatic N) is 2. The summed E-state index contributed by atoms with van der Waals surface area (Å²) < 4.78 is 5.02. The standard InChI is InChI=1S/C22H30N4O2S/c1-3-23-22(24-16-17-7-9-18(10-8-17)21(27)28-4-2)25-19-11-13-26(14-12-19)20-6-5-15-29-20/h5-10,15,19H,3-4,11-14,16H2,1-2H3,(H2,23,24,25). The van der Waals surface area contributed by atoms with Gasteiger partial charge in [0.1, 0.15) is 0 Å². The average molecular weight is 415 g/mol. The average Bonchev–Trinajstić information content (AvgIpc) is 3.28. The van der Waals surface area contributed by atoms with Gasteiger partial charge in [-0.1, -0.05) is 12.1 Å². The van der Waals surface area contributed by atoms with Gasteiger partial charge in [-0.15, -0.1) is 11.3 Å². The number of carbonyl (C=O) groups excluding carboxylic acids is 1. The first-order valence-corrected chi connectivity index (χ1v) is 11.2. The number of thiophene rings is 1. The van der Waals surface area contributed by atoms with Crippen molar-refractivity contribution in [1.82, 2.24) is 10.6 Å². The molecule has 0 bridgehead atoms. The van der Waals surface area contributed by atoms with Gasteiger partial charge in [0.05, 0.1) is 23.7 Å². The minimum Gasteiger partial charge on any atom is -0.462 e.